The molecule has 0 aromatic carbocycles. The molecule has 0 spiro atoms. The van der Waals surface area contributed by atoms with Gasteiger partial charge in [-0.1, -0.05) is 6.07 Å². The zero-order chi connectivity index (χ0) is 12.3. The molecular formula is C9H6F4O2S. The molecule has 0 unspecified atom stereocenters. The fourth-order valence-electron chi connectivity index (χ4n) is 0.823. The van der Waals surface area contributed by atoms with Crippen LogP contribution in [0.1, 0.15) is 4.88 Å². The number of aliphatic hydroxyl groups is 1. The SMILES string of the molecule is O=C(/C=C(\O)c1cccs1)C(F)(F)C(F)F. The van der Waals surface area contributed by atoms with E-state index in [1.54, 1.807) is 0 Å². The number of hydrogen-bond donors (Lipinski definition) is 1. The molecule has 1 aromatic rings. The summed E-state index contributed by atoms with van der Waals surface area (Å²) < 4.78 is 48.5. The Kier molecular flexibility index (Phi) is 3.69. The lowest BCUT2D eigenvalue weighted by Crippen LogP contribution is -2.35. The van der Waals surface area contributed by atoms with Crippen LogP contribution in [0.3, 0.4) is 0 Å². The topological polar surface area (TPSA) is 37.3 Å². The van der Waals surface area contributed by atoms with Crippen molar-refractivity contribution in [3.8, 4) is 0 Å². The Labute approximate surface area is 91.8 Å². The van der Waals surface area contributed by atoms with E-state index >= 15 is 0 Å². The third kappa shape index (κ3) is 2.60. The third-order valence-electron chi connectivity index (χ3n) is 1.64. The van der Waals surface area contributed by atoms with Gasteiger partial charge in [0.2, 0.25) is 5.78 Å². The highest BCUT2D eigenvalue weighted by Gasteiger charge is 2.47. The Morgan fingerprint density at radius 1 is 1.50 bits per heavy atom. The summed E-state index contributed by atoms with van der Waals surface area (Å²) in [6.45, 7) is 0. The van der Waals surface area contributed by atoms with E-state index < -0.39 is 23.9 Å². The largest absolute Gasteiger partial charge is 0.506 e. The van der Waals surface area contributed by atoms with E-state index in [1.807, 2.05) is 0 Å². The fourth-order valence-corrected chi connectivity index (χ4v) is 1.46. The van der Waals surface area contributed by atoms with Crippen molar-refractivity contribution in [1.29, 1.82) is 0 Å². The molecule has 0 saturated carbocycles. The van der Waals surface area contributed by atoms with Gasteiger partial charge in [0.25, 0.3) is 0 Å². The van der Waals surface area contributed by atoms with Crippen LogP contribution < -0.4 is 0 Å². The Morgan fingerprint density at radius 3 is 2.56 bits per heavy atom. The number of alkyl halides is 4. The first-order valence-electron chi connectivity index (χ1n) is 4.00. The number of aliphatic hydroxyl groups excluding tert-OH is 1. The molecule has 0 aliphatic heterocycles. The highest BCUT2D eigenvalue weighted by molar-refractivity contribution is 7.11. The molecule has 1 aromatic heterocycles. The maximum atomic E-state index is 12.5. The molecule has 0 aliphatic carbocycles. The molecule has 88 valence electrons. The number of rotatable bonds is 4. The predicted octanol–water partition coefficient (Wildman–Crippen LogP) is 3.12. The first-order chi connectivity index (χ1) is 7.35. The molecule has 7 heteroatoms. The molecule has 1 rings (SSSR count). The van der Waals surface area contributed by atoms with Gasteiger partial charge in [-0.3, -0.25) is 4.79 Å². The van der Waals surface area contributed by atoms with Crippen LogP contribution in [-0.4, -0.2) is 23.2 Å². The summed E-state index contributed by atoms with van der Waals surface area (Å²) in [5.74, 6) is -7.64. The minimum atomic E-state index is -4.77. The van der Waals surface area contributed by atoms with Crippen molar-refractivity contribution in [2.45, 2.75) is 12.3 Å². The Balaban J connectivity index is 2.89. The third-order valence-corrected chi connectivity index (χ3v) is 2.54. The van der Waals surface area contributed by atoms with Crippen LogP contribution in [0.15, 0.2) is 23.6 Å². The monoisotopic (exact) mass is 254 g/mol. The normalized spacial score (nSPS) is 13.2. The number of halogens is 4. The minimum Gasteiger partial charge on any atom is -0.506 e. The van der Waals surface area contributed by atoms with Gasteiger partial charge in [-0.25, -0.2) is 8.78 Å². The zero-order valence-corrected chi connectivity index (χ0v) is 8.48. The van der Waals surface area contributed by atoms with Gasteiger partial charge in [-0.15, -0.1) is 11.3 Å². The summed E-state index contributed by atoms with van der Waals surface area (Å²) in [6.07, 6.45) is -3.98. The number of ketones is 1. The first-order valence-corrected chi connectivity index (χ1v) is 4.88. The lowest BCUT2D eigenvalue weighted by atomic mass is 10.2. The second-order valence-electron chi connectivity index (χ2n) is 2.79. The Bertz CT molecular complexity index is 398. The van der Waals surface area contributed by atoms with E-state index in [4.69, 9.17) is 0 Å². The highest BCUT2D eigenvalue weighted by atomic mass is 32.1. The average molecular weight is 254 g/mol. The summed E-state index contributed by atoms with van der Waals surface area (Å²) in [6, 6.07) is 2.88. The number of thiophene rings is 1. The van der Waals surface area contributed by atoms with E-state index in [9.17, 15) is 27.5 Å². The number of carbonyl (C=O) groups is 1. The molecule has 0 atom stereocenters. The van der Waals surface area contributed by atoms with Crippen molar-refractivity contribution in [2.75, 3.05) is 0 Å². The molecule has 0 fully saturated rings. The second-order valence-corrected chi connectivity index (χ2v) is 3.74. The van der Waals surface area contributed by atoms with Gasteiger partial charge >= 0.3 is 12.3 Å². The van der Waals surface area contributed by atoms with Gasteiger partial charge in [-0.2, -0.15) is 8.78 Å². The molecule has 0 bridgehead atoms. The zero-order valence-electron chi connectivity index (χ0n) is 7.66. The molecular weight excluding hydrogens is 248 g/mol. The van der Waals surface area contributed by atoms with Crippen LogP contribution in [0.4, 0.5) is 17.6 Å². The van der Waals surface area contributed by atoms with Crippen molar-refractivity contribution in [3.63, 3.8) is 0 Å². The summed E-state index contributed by atoms with van der Waals surface area (Å²) in [5.41, 5.74) is 0. The first kappa shape index (κ1) is 12.7. The molecule has 0 radical (unpaired) electrons. The van der Waals surface area contributed by atoms with Crippen molar-refractivity contribution >= 4 is 22.9 Å². The maximum absolute atomic E-state index is 12.5. The van der Waals surface area contributed by atoms with E-state index in [1.165, 1.54) is 17.5 Å². The maximum Gasteiger partial charge on any atom is 0.368 e. The Hall–Kier alpha value is -1.37. The van der Waals surface area contributed by atoms with Crippen LogP contribution in [0.2, 0.25) is 0 Å². The summed E-state index contributed by atoms with van der Waals surface area (Å²) in [5, 5.41) is 10.7. The number of hydrogen-bond acceptors (Lipinski definition) is 3. The van der Waals surface area contributed by atoms with Gasteiger partial charge in [0.1, 0.15) is 5.76 Å². The van der Waals surface area contributed by atoms with Crippen molar-refractivity contribution in [3.05, 3.63) is 28.5 Å². The summed E-state index contributed by atoms with van der Waals surface area (Å²) >= 11 is 0.989. The average Bonchev–Trinajstić information content (AvgIpc) is 2.69. The molecule has 2 nitrogen and oxygen atoms in total. The van der Waals surface area contributed by atoms with Gasteiger partial charge < -0.3 is 5.11 Å². The van der Waals surface area contributed by atoms with E-state index in [0.29, 0.717) is 0 Å². The van der Waals surface area contributed by atoms with E-state index in [-0.39, 0.29) is 11.0 Å². The van der Waals surface area contributed by atoms with Gasteiger partial charge in [0.15, 0.2) is 0 Å². The molecule has 0 amide bonds. The molecule has 16 heavy (non-hydrogen) atoms. The predicted molar refractivity (Wildman–Crippen MR) is 50.9 cm³/mol. The lowest BCUT2D eigenvalue weighted by Gasteiger charge is -2.10. The standard InChI is InChI=1S/C9H6F4O2S/c10-8(11)9(12,13)7(15)4-5(14)6-2-1-3-16-6/h1-4,8,14H/b5-4-. The van der Waals surface area contributed by atoms with Crippen LogP contribution in [0.5, 0.6) is 0 Å². The van der Waals surface area contributed by atoms with Gasteiger partial charge in [0.05, 0.1) is 4.88 Å². The van der Waals surface area contributed by atoms with Crippen LogP contribution in [0.25, 0.3) is 5.76 Å². The quantitative estimate of drug-likeness (QED) is 0.509. The van der Waals surface area contributed by atoms with Gasteiger partial charge in [0, 0.05) is 6.08 Å². The smallest absolute Gasteiger partial charge is 0.368 e. The fraction of sp³-hybridized carbons (Fsp3) is 0.222. The van der Waals surface area contributed by atoms with Crippen LogP contribution in [-0.2, 0) is 4.79 Å². The van der Waals surface area contributed by atoms with Crippen LogP contribution >= 0.6 is 11.3 Å². The molecule has 0 saturated heterocycles. The number of carbonyl (C=O) groups excluding carboxylic acids is 1. The van der Waals surface area contributed by atoms with Crippen molar-refractivity contribution in [1.82, 2.24) is 0 Å². The number of allylic oxidation sites excluding steroid dienone is 1. The minimum absolute atomic E-state index is 0.109. The highest BCUT2D eigenvalue weighted by Crippen LogP contribution is 2.26. The lowest BCUT2D eigenvalue weighted by molar-refractivity contribution is -0.161. The van der Waals surface area contributed by atoms with E-state index in [2.05, 4.69) is 0 Å². The Morgan fingerprint density at radius 2 is 2.12 bits per heavy atom. The van der Waals surface area contributed by atoms with E-state index in [0.717, 1.165) is 11.3 Å². The summed E-state index contributed by atoms with van der Waals surface area (Å²) in [7, 11) is 0. The van der Waals surface area contributed by atoms with Crippen LogP contribution in [0, 0.1) is 0 Å². The summed E-state index contributed by atoms with van der Waals surface area (Å²) in [4.78, 5) is 10.9. The molecule has 1 heterocycles. The molecule has 1 N–H and O–H groups in total. The van der Waals surface area contributed by atoms with Crippen molar-refractivity contribution in [2.24, 2.45) is 0 Å². The van der Waals surface area contributed by atoms with Crippen molar-refractivity contribution < 1.29 is 27.5 Å². The van der Waals surface area contributed by atoms with Gasteiger partial charge in [-0.05, 0) is 11.4 Å². The molecule has 0 aliphatic rings. The second kappa shape index (κ2) is 4.65.